The van der Waals surface area contributed by atoms with Gasteiger partial charge in [-0.2, -0.15) is 13.2 Å². The SMILES string of the molecule is CC(c1ccc(CC(F)F)cc1)N1NC(C(F)(F)F)C2C(=O)NC(O)NC21. The Hall–Kier alpha value is -1.82. The van der Waals surface area contributed by atoms with Crippen LogP contribution in [0.2, 0.25) is 0 Å². The molecule has 1 aromatic rings. The quantitative estimate of drug-likeness (QED) is 0.579. The minimum absolute atomic E-state index is 0.409. The first-order valence-corrected chi connectivity index (χ1v) is 8.30. The summed E-state index contributed by atoms with van der Waals surface area (Å²) >= 11 is 0. The predicted octanol–water partition coefficient (Wildman–Crippen LogP) is 1.24. The molecule has 2 aliphatic rings. The first-order chi connectivity index (χ1) is 12.6. The number of carbonyl (C=O) groups excluding carboxylic acids is 1. The van der Waals surface area contributed by atoms with Crippen molar-refractivity contribution in [3.63, 3.8) is 0 Å². The molecule has 4 N–H and O–H groups in total. The summed E-state index contributed by atoms with van der Waals surface area (Å²) in [5, 5.41) is 15.5. The molecule has 11 heteroatoms. The van der Waals surface area contributed by atoms with Crippen LogP contribution in [0.3, 0.4) is 0 Å². The molecule has 2 heterocycles. The average Bonchev–Trinajstić information content (AvgIpc) is 2.94. The molecule has 1 aromatic carbocycles. The summed E-state index contributed by atoms with van der Waals surface area (Å²) in [7, 11) is 0. The third-order valence-corrected chi connectivity index (χ3v) is 4.82. The summed E-state index contributed by atoms with van der Waals surface area (Å²) in [6.45, 7) is 1.62. The minimum Gasteiger partial charge on any atom is -0.361 e. The first-order valence-electron chi connectivity index (χ1n) is 8.30. The van der Waals surface area contributed by atoms with Gasteiger partial charge in [-0.1, -0.05) is 24.3 Å². The van der Waals surface area contributed by atoms with Gasteiger partial charge in [-0.05, 0) is 18.1 Å². The fourth-order valence-electron chi connectivity index (χ4n) is 3.49. The van der Waals surface area contributed by atoms with Gasteiger partial charge < -0.3 is 10.4 Å². The van der Waals surface area contributed by atoms with E-state index in [4.69, 9.17) is 0 Å². The third-order valence-electron chi connectivity index (χ3n) is 4.82. The van der Waals surface area contributed by atoms with Crippen molar-refractivity contribution >= 4 is 5.91 Å². The van der Waals surface area contributed by atoms with Crippen molar-refractivity contribution in [1.29, 1.82) is 0 Å². The smallest absolute Gasteiger partial charge is 0.361 e. The molecule has 5 atom stereocenters. The molecule has 2 fully saturated rings. The Bertz CT molecular complexity index is 684. The van der Waals surface area contributed by atoms with Gasteiger partial charge in [-0.15, -0.1) is 0 Å². The van der Waals surface area contributed by atoms with Gasteiger partial charge in [0.05, 0.1) is 12.1 Å². The number of fused-ring (bicyclic) bond motifs is 1. The Morgan fingerprint density at radius 3 is 2.41 bits per heavy atom. The maximum atomic E-state index is 13.4. The van der Waals surface area contributed by atoms with Crippen molar-refractivity contribution in [3.8, 4) is 0 Å². The summed E-state index contributed by atoms with van der Waals surface area (Å²) in [5.74, 6) is -2.41. The van der Waals surface area contributed by atoms with E-state index in [-0.39, 0.29) is 0 Å². The second-order valence-corrected chi connectivity index (χ2v) is 6.62. The highest BCUT2D eigenvalue weighted by molar-refractivity contribution is 5.81. The molecule has 0 aliphatic carbocycles. The van der Waals surface area contributed by atoms with E-state index in [1.165, 1.54) is 17.1 Å². The number of carbonyl (C=O) groups is 1. The van der Waals surface area contributed by atoms with E-state index >= 15 is 0 Å². The van der Waals surface area contributed by atoms with Crippen molar-refractivity contribution in [1.82, 2.24) is 21.1 Å². The lowest BCUT2D eigenvalue weighted by Gasteiger charge is -2.37. The van der Waals surface area contributed by atoms with Crippen LogP contribution >= 0.6 is 0 Å². The number of nitrogens with one attached hydrogen (secondary N) is 3. The number of alkyl halides is 5. The fourth-order valence-corrected chi connectivity index (χ4v) is 3.49. The monoisotopic (exact) mass is 394 g/mol. The molecule has 0 spiro atoms. The van der Waals surface area contributed by atoms with Gasteiger partial charge in [0.25, 0.3) is 0 Å². The normalized spacial score (nSPS) is 30.3. The summed E-state index contributed by atoms with van der Waals surface area (Å²) in [6, 6.07) is 3.34. The molecular formula is C16H19F5N4O2. The largest absolute Gasteiger partial charge is 0.406 e. The van der Waals surface area contributed by atoms with Crippen molar-refractivity contribution in [2.24, 2.45) is 5.92 Å². The van der Waals surface area contributed by atoms with Gasteiger partial charge in [0.1, 0.15) is 6.04 Å². The molecule has 6 nitrogen and oxygen atoms in total. The van der Waals surface area contributed by atoms with Crippen LogP contribution in [0, 0.1) is 5.92 Å². The minimum atomic E-state index is -4.68. The van der Waals surface area contributed by atoms with Gasteiger partial charge >= 0.3 is 6.18 Å². The van der Waals surface area contributed by atoms with Crippen molar-refractivity contribution in [2.75, 3.05) is 0 Å². The van der Waals surface area contributed by atoms with Gasteiger partial charge in [0.15, 0.2) is 6.35 Å². The number of hydrogen-bond donors (Lipinski definition) is 4. The van der Waals surface area contributed by atoms with E-state index in [1.54, 1.807) is 19.1 Å². The predicted molar refractivity (Wildman–Crippen MR) is 83.9 cm³/mol. The molecule has 5 unspecified atom stereocenters. The number of hydrogen-bond acceptors (Lipinski definition) is 5. The maximum Gasteiger partial charge on any atom is 0.406 e. The van der Waals surface area contributed by atoms with E-state index in [2.05, 4.69) is 10.7 Å². The fraction of sp³-hybridized carbons (Fsp3) is 0.562. The average molecular weight is 394 g/mol. The number of aliphatic hydroxyl groups excluding tert-OH is 1. The highest BCUT2D eigenvalue weighted by Gasteiger charge is 2.59. The number of rotatable bonds is 4. The number of halogens is 5. The van der Waals surface area contributed by atoms with E-state index in [0.29, 0.717) is 11.1 Å². The molecule has 0 aromatic heterocycles. The number of amides is 1. The van der Waals surface area contributed by atoms with Gasteiger partial charge in [-0.3, -0.25) is 10.1 Å². The third kappa shape index (κ3) is 4.05. The van der Waals surface area contributed by atoms with Crippen molar-refractivity contribution in [3.05, 3.63) is 35.4 Å². The summed E-state index contributed by atoms with van der Waals surface area (Å²) in [4.78, 5) is 12.0. The highest BCUT2D eigenvalue weighted by Crippen LogP contribution is 2.38. The zero-order chi connectivity index (χ0) is 19.9. The second-order valence-electron chi connectivity index (χ2n) is 6.62. The lowest BCUT2D eigenvalue weighted by molar-refractivity contribution is -0.172. The van der Waals surface area contributed by atoms with E-state index in [9.17, 15) is 31.9 Å². The van der Waals surface area contributed by atoms with Gasteiger partial charge in [0.2, 0.25) is 12.3 Å². The Balaban J connectivity index is 1.85. The molecule has 0 bridgehead atoms. The van der Waals surface area contributed by atoms with Crippen LogP contribution < -0.4 is 16.1 Å². The van der Waals surface area contributed by atoms with Gasteiger partial charge in [0, 0.05) is 12.5 Å². The lowest BCUT2D eigenvalue weighted by atomic mass is 9.95. The van der Waals surface area contributed by atoms with Gasteiger partial charge in [-0.25, -0.2) is 19.2 Å². The molecule has 0 saturated carbocycles. The van der Waals surface area contributed by atoms with Crippen LogP contribution in [0.4, 0.5) is 22.0 Å². The molecule has 0 radical (unpaired) electrons. The Morgan fingerprint density at radius 2 is 1.85 bits per heavy atom. The molecule has 1 amide bonds. The number of benzene rings is 1. The van der Waals surface area contributed by atoms with Crippen molar-refractivity contribution in [2.45, 2.75) is 50.5 Å². The molecule has 2 saturated heterocycles. The molecule has 27 heavy (non-hydrogen) atoms. The first kappa shape index (κ1) is 19.9. The van der Waals surface area contributed by atoms with Crippen LogP contribution in [0.15, 0.2) is 24.3 Å². The second kappa shape index (κ2) is 7.30. The topological polar surface area (TPSA) is 76.6 Å². The number of aliphatic hydroxyl groups is 1. The van der Waals surface area contributed by atoms with Crippen molar-refractivity contribution < 1.29 is 31.9 Å². The molecule has 150 valence electrons. The molecule has 3 rings (SSSR count). The summed E-state index contributed by atoms with van der Waals surface area (Å²) in [6.07, 6.45) is -10.2. The molecular weight excluding hydrogens is 375 g/mol. The Morgan fingerprint density at radius 1 is 1.22 bits per heavy atom. The molecule has 2 aliphatic heterocycles. The number of nitrogens with zero attached hydrogens (tertiary/aromatic N) is 1. The lowest BCUT2D eigenvalue weighted by Crippen LogP contribution is -2.65. The van der Waals surface area contributed by atoms with E-state index in [0.717, 1.165) is 0 Å². The Labute approximate surface area is 151 Å². The van der Waals surface area contributed by atoms with Crippen LogP contribution in [0.5, 0.6) is 0 Å². The summed E-state index contributed by atoms with van der Waals surface area (Å²) in [5.41, 5.74) is 3.31. The summed E-state index contributed by atoms with van der Waals surface area (Å²) < 4.78 is 65.0. The van der Waals surface area contributed by atoms with Crippen LogP contribution in [0.25, 0.3) is 0 Å². The van der Waals surface area contributed by atoms with Crippen LogP contribution in [-0.2, 0) is 11.2 Å². The van der Waals surface area contributed by atoms with E-state index in [1.807, 2.05) is 5.32 Å². The standard InChI is InChI=1S/C16H19F5N4O2/c1-7(9-4-2-8(3-5-9)6-10(17)18)25-13-11(12(24-25)16(19,20)21)14(26)23-15(27)22-13/h2-5,7,10-13,15,22,24,27H,6H2,1H3,(H,23,26). The van der Waals surface area contributed by atoms with Crippen LogP contribution in [-0.4, -0.2) is 47.2 Å². The van der Waals surface area contributed by atoms with Crippen LogP contribution in [0.1, 0.15) is 24.1 Å². The zero-order valence-corrected chi connectivity index (χ0v) is 14.2. The van der Waals surface area contributed by atoms with E-state index < -0.39 is 55.4 Å². The number of hydrazine groups is 1. The Kier molecular flexibility index (Phi) is 5.39. The highest BCUT2D eigenvalue weighted by atomic mass is 19.4. The zero-order valence-electron chi connectivity index (χ0n) is 14.2. The maximum absolute atomic E-state index is 13.4.